The molecule has 0 aromatic heterocycles. The Hall–Kier alpha value is -1.46. The van der Waals surface area contributed by atoms with Crippen LogP contribution in [0.2, 0.25) is 0 Å². The zero-order valence-corrected chi connectivity index (χ0v) is 14.3. The highest BCUT2D eigenvalue weighted by atomic mass is 32.2. The second-order valence-electron chi connectivity index (χ2n) is 7.35. The molecule has 2 bridgehead atoms. The maximum atomic E-state index is 13.3. The Bertz CT molecular complexity index is 746. The highest BCUT2D eigenvalue weighted by Crippen LogP contribution is 2.55. The number of hydrogen-bond acceptors (Lipinski definition) is 4. The molecule has 0 N–H and O–H groups in total. The van der Waals surface area contributed by atoms with Gasteiger partial charge in [0.25, 0.3) is 0 Å². The van der Waals surface area contributed by atoms with E-state index in [2.05, 4.69) is 4.90 Å². The van der Waals surface area contributed by atoms with E-state index < -0.39 is 16.4 Å². The van der Waals surface area contributed by atoms with Gasteiger partial charge in [-0.25, -0.2) is 4.79 Å². The van der Waals surface area contributed by atoms with Crippen LogP contribution in [-0.4, -0.2) is 44.6 Å². The third-order valence-corrected chi connectivity index (χ3v) is 8.01. The van der Waals surface area contributed by atoms with E-state index in [4.69, 9.17) is 4.74 Å². The van der Waals surface area contributed by atoms with Crippen LogP contribution in [0.25, 0.3) is 0 Å². The van der Waals surface area contributed by atoms with Crippen molar-refractivity contribution >= 4 is 16.8 Å². The Labute approximate surface area is 144 Å². The lowest BCUT2D eigenvalue weighted by molar-refractivity contribution is -0.148. The van der Waals surface area contributed by atoms with E-state index in [1.54, 1.807) is 6.08 Å². The molecule has 5 atom stereocenters. The van der Waals surface area contributed by atoms with Crippen LogP contribution in [0.1, 0.15) is 32.1 Å². The molecule has 3 fully saturated rings. The smallest absolute Gasteiger partial charge is 0.331 e. The minimum Gasteiger partial charge on any atom is -0.450 e. The van der Waals surface area contributed by atoms with Gasteiger partial charge in [0.1, 0.15) is 0 Å². The molecule has 3 aliphatic heterocycles. The summed E-state index contributed by atoms with van der Waals surface area (Å²) in [6, 6.07) is 10.3. The molecule has 5 heteroatoms. The summed E-state index contributed by atoms with van der Waals surface area (Å²) in [5, 5.41) is 0.0457. The zero-order valence-electron chi connectivity index (χ0n) is 13.5. The number of carbonyl (C=O) groups excluding carboxylic acids is 1. The van der Waals surface area contributed by atoms with Crippen LogP contribution in [0.4, 0.5) is 0 Å². The zero-order chi connectivity index (χ0) is 16.3. The average molecular weight is 343 g/mol. The third-order valence-electron chi connectivity index (χ3n) is 6.24. The number of rotatable bonds is 2. The van der Waals surface area contributed by atoms with Crippen LogP contribution in [0.15, 0.2) is 46.9 Å². The first kappa shape index (κ1) is 14.8. The first-order valence-corrected chi connectivity index (χ1v) is 10.1. The fraction of sp³-hybridized carbons (Fsp3) is 0.526. The van der Waals surface area contributed by atoms with Crippen molar-refractivity contribution in [2.24, 2.45) is 0 Å². The number of hydrogen-bond donors (Lipinski definition) is 0. The molecule has 2 saturated heterocycles. The Balaban J connectivity index is 1.56. The number of ether oxygens (including phenoxy) is 1. The number of esters is 1. The van der Waals surface area contributed by atoms with Crippen LogP contribution < -0.4 is 0 Å². The predicted octanol–water partition coefficient (Wildman–Crippen LogP) is 2.42. The number of carbonyl (C=O) groups is 1. The molecule has 3 heterocycles. The number of piperidine rings is 1. The standard InChI is InChI=1S/C19H21NO3S/c21-18-11-13-10-16(24(22)14-6-2-1-3-7-14)15-12-19(13,23-18)17-8-4-5-9-20(15)17/h1-3,6-7,11,15-17H,4-5,8-10,12H2/t15-,16?,17+,19-,24?/m0/s1. The summed E-state index contributed by atoms with van der Waals surface area (Å²) < 4.78 is 19.1. The largest absolute Gasteiger partial charge is 0.450 e. The van der Waals surface area contributed by atoms with E-state index in [0.29, 0.717) is 6.42 Å². The molecule has 1 aromatic rings. The summed E-state index contributed by atoms with van der Waals surface area (Å²) in [4.78, 5) is 15.4. The van der Waals surface area contributed by atoms with E-state index in [1.165, 1.54) is 12.8 Å². The van der Waals surface area contributed by atoms with Crippen LogP contribution in [0, 0.1) is 0 Å². The first-order valence-electron chi connectivity index (χ1n) is 8.84. The van der Waals surface area contributed by atoms with Crippen LogP contribution in [0.5, 0.6) is 0 Å². The molecule has 1 saturated carbocycles. The molecule has 0 radical (unpaired) electrons. The number of fused-ring (bicyclic) bond motifs is 3. The highest BCUT2D eigenvalue weighted by Gasteiger charge is 2.64. The Morgan fingerprint density at radius 3 is 2.88 bits per heavy atom. The van der Waals surface area contributed by atoms with Crippen LogP contribution in [-0.2, 0) is 20.3 Å². The van der Waals surface area contributed by atoms with Crippen molar-refractivity contribution in [2.45, 2.75) is 59.9 Å². The molecular weight excluding hydrogens is 322 g/mol. The van der Waals surface area contributed by atoms with Crippen molar-refractivity contribution < 1.29 is 13.7 Å². The van der Waals surface area contributed by atoms with E-state index in [-0.39, 0.29) is 23.3 Å². The lowest BCUT2D eigenvalue weighted by Gasteiger charge is -2.38. The Morgan fingerprint density at radius 2 is 2.04 bits per heavy atom. The molecular formula is C19H21NO3S. The van der Waals surface area contributed by atoms with Gasteiger partial charge in [0.05, 0.1) is 22.1 Å². The molecule has 4 aliphatic rings. The van der Waals surface area contributed by atoms with Crippen molar-refractivity contribution in [1.82, 2.24) is 4.90 Å². The lowest BCUT2D eigenvalue weighted by atomic mass is 9.77. The summed E-state index contributed by atoms with van der Waals surface area (Å²) in [5.74, 6) is -0.206. The molecule has 5 rings (SSSR count). The summed E-state index contributed by atoms with van der Waals surface area (Å²) in [7, 11) is -1.06. The molecule has 0 amide bonds. The fourth-order valence-corrected chi connectivity index (χ4v) is 6.93. The molecule has 2 unspecified atom stereocenters. The van der Waals surface area contributed by atoms with E-state index in [9.17, 15) is 9.00 Å². The van der Waals surface area contributed by atoms with Gasteiger partial charge in [0.2, 0.25) is 0 Å². The summed E-state index contributed by atoms with van der Waals surface area (Å²) in [6.45, 7) is 1.03. The third kappa shape index (κ3) is 1.94. The lowest BCUT2D eigenvalue weighted by Crippen LogP contribution is -2.48. The fourth-order valence-electron chi connectivity index (χ4n) is 5.29. The maximum Gasteiger partial charge on any atom is 0.331 e. The first-order chi connectivity index (χ1) is 11.7. The molecule has 24 heavy (non-hydrogen) atoms. The van der Waals surface area contributed by atoms with E-state index in [1.807, 2.05) is 30.3 Å². The van der Waals surface area contributed by atoms with Gasteiger partial charge in [-0.3, -0.25) is 9.11 Å². The minimum absolute atomic E-state index is 0.0457. The van der Waals surface area contributed by atoms with Gasteiger partial charge in [-0.2, -0.15) is 0 Å². The Morgan fingerprint density at radius 1 is 1.21 bits per heavy atom. The van der Waals surface area contributed by atoms with Gasteiger partial charge >= 0.3 is 5.97 Å². The topological polar surface area (TPSA) is 46.6 Å². The minimum atomic E-state index is -1.06. The molecule has 1 spiro atoms. The second-order valence-corrected chi connectivity index (χ2v) is 9.03. The molecule has 4 nitrogen and oxygen atoms in total. The summed E-state index contributed by atoms with van der Waals surface area (Å²) >= 11 is 0. The molecule has 1 aromatic carbocycles. The highest BCUT2D eigenvalue weighted by molar-refractivity contribution is 7.85. The van der Waals surface area contributed by atoms with Crippen molar-refractivity contribution in [1.29, 1.82) is 0 Å². The van der Waals surface area contributed by atoms with Gasteiger partial charge in [-0.05, 0) is 43.5 Å². The molecule has 1 aliphatic carbocycles. The van der Waals surface area contributed by atoms with Crippen molar-refractivity contribution in [2.75, 3.05) is 6.54 Å². The average Bonchev–Trinajstić information content (AvgIpc) is 3.10. The van der Waals surface area contributed by atoms with Gasteiger partial charge in [0, 0.05) is 23.4 Å². The van der Waals surface area contributed by atoms with Gasteiger partial charge in [-0.1, -0.05) is 24.6 Å². The maximum absolute atomic E-state index is 13.3. The Kier molecular flexibility index (Phi) is 3.26. The van der Waals surface area contributed by atoms with Gasteiger partial charge in [-0.15, -0.1) is 0 Å². The molecule has 126 valence electrons. The number of benzene rings is 1. The van der Waals surface area contributed by atoms with Crippen LogP contribution >= 0.6 is 0 Å². The van der Waals surface area contributed by atoms with Crippen molar-refractivity contribution in [3.05, 3.63) is 42.0 Å². The SMILES string of the molecule is O=C1C=C2CC(S(=O)c3ccccc3)[C@@H]3C[C@@]2(O1)[C@H]1CCCCN31. The van der Waals surface area contributed by atoms with Gasteiger partial charge in [0.15, 0.2) is 5.60 Å². The monoisotopic (exact) mass is 343 g/mol. The predicted molar refractivity (Wildman–Crippen MR) is 90.9 cm³/mol. The van der Waals surface area contributed by atoms with Crippen LogP contribution in [0.3, 0.4) is 0 Å². The van der Waals surface area contributed by atoms with Crippen molar-refractivity contribution in [3.63, 3.8) is 0 Å². The summed E-state index contributed by atoms with van der Waals surface area (Å²) in [6.07, 6.45) is 6.66. The quantitative estimate of drug-likeness (QED) is 0.774. The van der Waals surface area contributed by atoms with E-state index >= 15 is 0 Å². The normalized spacial score (nSPS) is 38.9. The summed E-state index contributed by atoms with van der Waals surface area (Å²) in [5.41, 5.74) is 0.673. The van der Waals surface area contributed by atoms with Gasteiger partial charge < -0.3 is 4.74 Å². The van der Waals surface area contributed by atoms with Crippen molar-refractivity contribution in [3.8, 4) is 0 Å². The van der Waals surface area contributed by atoms with E-state index in [0.717, 1.165) is 29.9 Å². The second kappa shape index (κ2) is 5.27. The number of nitrogens with zero attached hydrogens (tertiary/aromatic N) is 1.